The maximum Gasteiger partial charge on any atom is 0.391 e. The molecule has 1 N–H and O–H groups in total. The summed E-state index contributed by atoms with van der Waals surface area (Å²) in [4.78, 5) is 24.4. The second-order valence-electron chi connectivity index (χ2n) is 4.34. The molecule has 104 valence electrons. The minimum Gasteiger partial charge on any atom is -0.480 e. The predicted molar refractivity (Wildman–Crippen MR) is 56.0 cm³/mol. The van der Waals surface area contributed by atoms with Crippen LogP contribution in [0.15, 0.2) is 0 Å². The van der Waals surface area contributed by atoms with Gasteiger partial charge in [0.15, 0.2) is 0 Å². The number of alkyl halides is 3. The molecular weight excluding hydrogens is 253 g/mol. The number of hydrogen-bond acceptors (Lipinski definition) is 2. The lowest BCUT2D eigenvalue weighted by Gasteiger charge is -2.34. The van der Waals surface area contributed by atoms with Crippen LogP contribution in [0.3, 0.4) is 0 Å². The Hall–Kier alpha value is -1.47. The predicted octanol–water partition coefficient (Wildman–Crippen LogP) is 1.40. The summed E-state index contributed by atoms with van der Waals surface area (Å²) in [5, 5.41) is 8.52. The standard InChI is InChI=1S/C10H15F3N2O3/c1-14(6-8(16)17)9(18)15-4-2-7(3-5-15)10(11,12)13/h7H,2-6H2,1H3,(H,16,17). The van der Waals surface area contributed by atoms with Gasteiger partial charge in [-0.2, -0.15) is 13.2 Å². The molecule has 0 atom stereocenters. The number of rotatable bonds is 2. The van der Waals surface area contributed by atoms with E-state index >= 15 is 0 Å². The van der Waals surface area contributed by atoms with Gasteiger partial charge < -0.3 is 14.9 Å². The summed E-state index contributed by atoms with van der Waals surface area (Å²) in [5.41, 5.74) is 0. The van der Waals surface area contributed by atoms with Crippen molar-refractivity contribution in [1.29, 1.82) is 0 Å². The molecule has 0 aliphatic carbocycles. The molecule has 2 amide bonds. The van der Waals surface area contributed by atoms with E-state index in [1.54, 1.807) is 0 Å². The van der Waals surface area contributed by atoms with Crippen molar-refractivity contribution in [3.63, 3.8) is 0 Å². The molecule has 1 fully saturated rings. The van der Waals surface area contributed by atoms with Crippen LogP contribution >= 0.6 is 0 Å². The molecule has 0 spiro atoms. The number of carbonyl (C=O) groups excluding carboxylic acids is 1. The molecule has 1 aliphatic rings. The molecule has 0 aromatic rings. The molecular formula is C10H15F3N2O3. The summed E-state index contributed by atoms with van der Waals surface area (Å²) in [6, 6.07) is -0.543. The number of carboxylic acid groups (broad SMARTS) is 1. The van der Waals surface area contributed by atoms with Gasteiger partial charge in [0, 0.05) is 20.1 Å². The minimum atomic E-state index is -4.22. The lowest BCUT2D eigenvalue weighted by molar-refractivity contribution is -0.183. The van der Waals surface area contributed by atoms with Gasteiger partial charge in [-0.15, -0.1) is 0 Å². The molecule has 0 unspecified atom stereocenters. The lowest BCUT2D eigenvalue weighted by Crippen LogP contribution is -2.48. The van der Waals surface area contributed by atoms with Crippen LogP contribution in [0.25, 0.3) is 0 Å². The van der Waals surface area contributed by atoms with Crippen molar-refractivity contribution in [2.75, 3.05) is 26.7 Å². The number of carboxylic acids is 1. The lowest BCUT2D eigenvalue weighted by atomic mass is 9.96. The highest BCUT2D eigenvalue weighted by Gasteiger charge is 2.42. The third-order valence-electron chi connectivity index (χ3n) is 2.93. The Labute approximate surface area is 102 Å². The highest BCUT2D eigenvalue weighted by Crippen LogP contribution is 2.34. The molecule has 5 nitrogen and oxygen atoms in total. The van der Waals surface area contributed by atoms with Crippen LogP contribution in [0.1, 0.15) is 12.8 Å². The number of likely N-dealkylation sites (N-methyl/N-ethyl adjacent to an activating group) is 1. The van der Waals surface area contributed by atoms with Gasteiger partial charge in [-0.1, -0.05) is 0 Å². The van der Waals surface area contributed by atoms with E-state index in [0.29, 0.717) is 0 Å². The second kappa shape index (κ2) is 5.45. The zero-order chi connectivity index (χ0) is 13.9. The van der Waals surface area contributed by atoms with Crippen LogP contribution in [0.2, 0.25) is 0 Å². The Balaban J connectivity index is 2.48. The number of amides is 2. The van der Waals surface area contributed by atoms with Gasteiger partial charge in [0.25, 0.3) is 0 Å². The van der Waals surface area contributed by atoms with Crippen molar-refractivity contribution < 1.29 is 27.9 Å². The molecule has 0 saturated carbocycles. The number of urea groups is 1. The first-order valence-corrected chi connectivity index (χ1v) is 5.50. The number of aliphatic carboxylic acids is 1. The number of nitrogens with zero attached hydrogens (tertiary/aromatic N) is 2. The van der Waals surface area contributed by atoms with Crippen molar-refractivity contribution in [2.45, 2.75) is 19.0 Å². The fourth-order valence-electron chi connectivity index (χ4n) is 1.91. The maximum absolute atomic E-state index is 12.4. The van der Waals surface area contributed by atoms with E-state index < -0.39 is 30.6 Å². The van der Waals surface area contributed by atoms with E-state index in [0.717, 1.165) is 4.90 Å². The minimum absolute atomic E-state index is 0.00691. The molecule has 8 heteroatoms. The van der Waals surface area contributed by atoms with Gasteiger partial charge >= 0.3 is 18.2 Å². The number of carbonyl (C=O) groups is 2. The van der Waals surface area contributed by atoms with Crippen LogP contribution in [0.4, 0.5) is 18.0 Å². The van der Waals surface area contributed by atoms with E-state index in [9.17, 15) is 22.8 Å². The zero-order valence-corrected chi connectivity index (χ0v) is 9.90. The van der Waals surface area contributed by atoms with Crippen LogP contribution < -0.4 is 0 Å². The van der Waals surface area contributed by atoms with Gasteiger partial charge in [-0.3, -0.25) is 4.79 Å². The van der Waals surface area contributed by atoms with E-state index in [-0.39, 0.29) is 25.9 Å². The van der Waals surface area contributed by atoms with Crippen molar-refractivity contribution in [2.24, 2.45) is 5.92 Å². The number of halogens is 3. The summed E-state index contributed by atoms with van der Waals surface area (Å²) >= 11 is 0. The highest BCUT2D eigenvalue weighted by molar-refractivity contribution is 5.79. The third kappa shape index (κ3) is 3.78. The summed E-state index contributed by atoms with van der Waals surface area (Å²) in [6.45, 7) is -0.446. The zero-order valence-electron chi connectivity index (χ0n) is 9.90. The maximum atomic E-state index is 12.4. The topological polar surface area (TPSA) is 60.9 Å². The van der Waals surface area contributed by atoms with E-state index in [1.807, 2.05) is 0 Å². The highest BCUT2D eigenvalue weighted by atomic mass is 19.4. The first-order valence-electron chi connectivity index (χ1n) is 5.50. The van der Waals surface area contributed by atoms with Crippen molar-refractivity contribution >= 4 is 12.0 Å². The van der Waals surface area contributed by atoms with Gasteiger partial charge in [-0.05, 0) is 12.8 Å². The van der Waals surface area contributed by atoms with E-state index in [2.05, 4.69) is 0 Å². The van der Waals surface area contributed by atoms with E-state index in [1.165, 1.54) is 11.9 Å². The Kier molecular flexibility index (Phi) is 4.42. The Bertz CT molecular complexity index is 325. The van der Waals surface area contributed by atoms with Crippen LogP contribution in [-0.4, -0.2) is 59.8 Å². The molecule has 0 radical (unpaired) electrons. The Morgan fingerprint density at radius 2 is 1.83 bits per heavy atom. The second-order valence-corrected chi connectivity index (χ2v) is 4.34. The Morgan fingerprint density at radius 1 is 1.33 bits per heavy atom. The average Bonchev–Trinajstić information content (AvgIpc) is 2.26. The van der Waals surface area contributed by atoms with Crippen molar-refractivity contribution in [1.82, 2.24) is 9.80 Å². The summed E-state index contributed by atoms with van der Waals surface area (Å²) in [7, 11) is 1.31. The molecule has 0 aromatic heterocycles. The average molecular weight is 268 g/mol. The monoisotopic (exact) mass is 268 g/mol. The molecule has 0 bridgehead atoms. The molecule has 0 aromatic carbocycles. The van der Waals surface area contributed by atoms with Crippen LogP contribution in [0.5, 0.6) is 0 Å². The normalized spacial score (nSPS) is 17.7. The Morgan fingerprint density at radius 3 is 2.22 bits per heavy atom. The first-order chi connectivity index (χ1) is 8.21. The van der Waals surface area contributed by atoms with E-state index in [4.69, 9.17) is 5.11 Å². The summed E-state index contributed by atoms with van der Waals surface area (Å²) < 4.78 is 37.2. The third-order valence-corrected chi connectivity index (χ3v) is 2.93. The van der Waals surface area contributed by atoms with Crippen molar-refractivity contribution in [3.8, 4) is 0 Å². The number of hydrogen-bond donors (Lipinski definition) is 1. The fraction of sp³-hybridized carbons (Fsp3) is 0.800. The van der Waals surface area contributed by atoms with Gasteiger partial charge in [0.05, 0.1) is 5.92 Å². The molecule has 1 saturated heterocycles. The summed E-state index contributed by atoms with van der Waals surface area (Å²) in [5.74, 6) is -2.53. The molecule has 1 aliphatic heterocycles. The van der Waals surface area contributed by atoms with Crippen LogP contribution in [-0.2, 0) is 4.79 Å². The smallest absolute Gasteiger partial charge is 0.391 e. The molecule has 1 heterocycles. The largest absolute Gasteiger partial charge is 0.480 e. The van der Waals surface area contributed by atoms with Gasteiger partial charge in [0.1, 0.15) is 6.54 Å². The van der Waals surface area contributed by atoms with Crippen molar-refractivity contribution in [3.05, 3.63) is 0 Å². The van der Waals surface area contributed by atoms with Gasteiger partial charge in [0.2, 0.25) is 0 Å². The first kappa shape index (κ1) is 14.6. The number of piperidine rings is 1. The van der Waals surface area contributed by atoms with Crippen LogP contribution in [0, 0.1) is 5.92 Å². The molecule has 1 rings (SSSR count). The fourth-order valence-corrected chi connectivity index (χ4v) is 1.91. The van der Waals surface area contributed by atoms with Gasteiger partial charge in [-0.25, -0.2) is 4.79 Å². The SMILES string of the molecule is CN(CC(=O)O)C(=O)N1CCC(C(F)(F)F)CC1. The number of likely N-dealkylation sites (tertiary alicyclic amines) is 1. The summed E-state index contributed by atoms with van der Waals surface area (Å²) in [6.07, 6.45) is -4.48. The quantitative estimate of drug-likeness (QED) is 0.823. The molecule has 18 heavy (non-hydrogen) atoms.